The molecular weight excluding hydrogens is 430 g/mol. The molecule has 0 saturated carbocycles. The zero-order valence-electron chi connectivity index (χ0n) is 18.9. The normalized spacial score (nSPS) is 19.0. The number of ether oxygens (including phenoxy) is 1. The standard InChI is InChI=1S/C27H25N3O4/c1-34-23-14-8-5-11-20(23)17-28-26(33)27-16-15-24(31)30(27)22-13-7-6-12-21(22)25(32)29(27)18-19-9-3-2-4-10-19/h2-14H,15-18H2,1H3,(H,28,33)/t27-/m0/s1. The van der Waals surface area contributed by atoms with Gasteiger partial charge in [0, 0.05) is 31.5 Å². The molecule has 1 saturated heterocycles. The summed E-state index contributed by atoms with van der Waals surface area (Å²) in [7, 11) is 1.58. The number of nitrogens with one attached hydrogen (secondary N) is 1. The molecule has 2 aliphatic heterocycles. The maximum atomic E-state index is 13.9. The highest BCUT2D eigenvalue weighted by molar-refractivity contribution is 6.16. The Labute approximate surface area is 197 Å². The lowest BCUT2D eigenvalue weighted by atomic mass is 9.94. The highest BCUT2D eigenvalue weighted by Crippen LogP contribution is 2.45. The SMILES string of the molecule is COc1ccccc1CNC(=O)[C@]12CCC(=O)N1c1ccccc1C(=O)N2Cc1ccccc1. The molecule has 5 rings (SSSR count). The summed E-state index contributed by atoms with van der Waals surface area (Å²) < 4.78 is 5.41. The quantitative estimate of drug-likeness (QED) is 0.617. The van der Waals surface area contributed by atoms with Gasteiger partial charge < -0.3 is 15.0 Å². The molecule has 34 heavy (non-hydrogen) atoms. The van der Waals surface area contributed by atoms with E-state index in [-0.39, 0.29) is 43.7 Å². The predicted octanol–water partition coefficient (Wildman–Crippen LogP) is 3.49. The molecule has 2 heterocycles. The van der Waals surface area contributed by atoms with Crippen LogP contribution in [0.1, 0.15) is 34.3 Å². The van der Waals surface area contributed by atoms with E-state index in [2.05, 4.69) is 5.32 Å². The van der Waals surface area contributed by atoms with Crippen molar-refractivity contribution in [2.75, 3.05) is 12.0 Å². The molecule has 0 radical (unpaired) electrons. The first kappa shape index (κ1) is 21.7. The van der Waals surface area contributed by atoms with Gasteiger partial charge in [-0.05, 0) is 23.8 Å². The number of nitrogens with zero attached hydrogens (tertiary/aromatic N) is 2. The number of carbonyl (C=O) groups is 3. The summed E-state index contributed by atoms with van der Waals surface area (Å²) in [5.74, 6) is -0.169. The van der Waals surface area contributed by atoms with Crippen LogP contribution in [0, 0.1) is 0 Å². The first-order chi connectivity index (χ1) is 16.6. The van der Waals surface area contributed by atoms with E-state index in [1.165, 1.54) is 4.90 Å². The van der Waals surface area contributed by atoms with Gasteiger partial charge in [-0.1, -0.05) is 60.7 Å². The maximum absolute atomic E-state index is 13.9. The van der Waals surface area contributed by atoms with Gasteiger partial charge in [-0.2, -0.15) is 0 Å². The minimum absolute atomic E-state index is 0.176. The molecule has 0 bridgehead atoms. The molecule has 1 atom stereocenters. The van der Waals surface area contributed by atoms with Gasteiger partial charge in [-0.25, -0.2) is 0 Å². The van der Waals surface area contributed by atoms with Crippen LogP contribution in [0.15, 0.2) is 78.9 Å². The van der Waals surface area contributed by atoms with E-state index in [0.717, 1.165) is 11.1 Å². The first-order valence-electron chi connectivity index (χ1n) is 11.2. The summed E-state index contributed by atoms with van der Waals surface area (Å²) in [6.45, 7) is 0.418. The molecule has 7 heteroatoms. The lowest BCUT2D eigenvalue weighted by Crippen LogP contribution is -2.70. The molecule has 0 aromatic heterocycles. The van der Waals surface area contributed by atoms with Gasteiger partial charge in [0.1, 0.15) is 5.75 Å². The van der Waals surface area contributed by atoms with E-state index in [4.69, 9.17) is 4.74 Å². The highest BCUT2D eigenvalue weighted by Gasteiger charge is 2.60. The topological polar surface area (TPSA) is 79.0 Å². The largest absolute Gasteiger partial charge is 0.496 e. The second-order valence-corrected chi connectivity index (χ2v) is 8.43. The summed E-state index contributed by atoms with van der Waals surface area (Å²) in [5.41, 5.74) is 1.14. The minimum atomic E-state index is -1.44. The van der Waals surface area contributed by atoms with Gasteiger partial charge in [-0.15, -0.1) is 0 Å². The number of hydrogen-bond acceptors (Lipinski definition) is 4. The second kappa shape index (κ2) is 8.67. The number of benzene rings is 3. The molecule has 1 fully saturated rings. The Kier molecular flexibility index (Phi) is 5.53. The predicted molar refractivity (Wildman–Crippen MR) is 127 cm³/mol. The summed E-state index contributed by atoms with van der Waals surface area (Å²) in [6.07, 6.45) is 0.394. The molecule has 0 aliphatic carbocycles. The maximum Gasteiger partial charge on any atom is 0.267 e. The molecule has 0 spiro atoms. The third-order valence-electron chi connectivity index (χ3n) is 6.55. The third kappa shape index (κ3) is 3.41. The summed E-state index contributed by atoms with van der Waals surface area (Å²) in [5, 5.41) is 2.99. The van der Waals surface area contributed by atoms with E-state index in [1.54, 1.807) is 36.3 Å². The Bertz CT molecular complexity index is 1260. The van der Waals surface area contributed by atoms with Crippen molar-refractivity contribution in [2.24, 2.45) is 0 Å². The third-order valence-corrected chi connectivity index (χ3v) is 6.55. The van der Waals surface area contributed by atoms with Crippen LogP contribution in [0.5, 0.6) is 5.75 Å². The Hall–Kier alpha value is -4.13. The van der Waals surface area contributed by atoms with Gasteiger partial charge in [0.25, 0.3) is 11.8 Å². The van der Waals surface area contributed by atoms with Crippen molar-refractivity contribution in [3.63, 3.8) is 0 Å². The van der Waals surface area contributed by atoms with E-state index in [9.17, 15) is 14.4 Å². The van der Waals surface area contributed by atoms with Crippen LogP contribution in [0.3, 0.4) is 0 Å². The first-order valence-corrected chi connectivity index (χ1v) is 11.2. The zero-order valence-corrected chi connectivity index (χ0v) is 18.9. The second-order valence-electron chi connectivity index (χ2n) is 8.43. The summed E-state index contributed by atoms with van der Waals surface area (Å²) >= 11 is 0. The van der Waals surface area contributed by atoms with Gasteiger partial charge >= 0.3 is 0 Å². The Morgan fingerprint density at radius 2 is 1.68 bits per heavy atom. The van der Waals surface area contributed by atoms with Crippen LogP contribution in [0.4, 0.5) is 5.69 Å². The van der Waals surface area contributed by atoms with Crippen molar-refractivity contribution in [1.82, 2.24) is 10.2 Å². The van der Waals surface area contributed by atoms with Crippen LogP contribution < -0.4 is 15.0 Å². The number of carbonyl (C=O) groups excluding carboxylic acids is 3. The van der Waals surface area contributed by atoms with E-state index in [1.807, 2.05) is 54.6 Å². The number of fused-ring (bicyclic) bond motifs is 3. The van der Waals surface area contributed by atoms with Crippen molar-refractivity contribution in [3.8, 4) is 5.75 Å². The summed E-state index contributed by atoms with van der Waals surface area (Å²) in [4.78, 5) is 43.9. The molecule has 3 aromatic carbocycles. The average Bonchev–Trinajstić information content (AvgIpc) is 3.24. The van der Waals surface area contributed by atoms with Gasteiger partial charge in [0.15, 0.2) is 0 Å². The van der Waals surface area contributed by atoms with Crippen LogP contribution in [-0.4, -0.2) is 35.4 Å². The summed E-state index contributed by atoms with van der Waals surface area (Å²) in [6, 6.07) is 23.9. The van der Waals surface area contributed by atoms with E-state index in [0.29, 0.717) is 17.0 Å². The van der Waals surface area contributed by atoms with Crippen molar-refractivity contribution < 1.29 is 19.1 Å². The number of methoxy groups -OCH3 is 1. The van der Waals surface area contributed by atoms with Crippen LogP contribution in [0.25, 0.3) is 0 Å². The number of amides is 3. The van der Waals surface area contributed by atoms with Crippen LogP contribution >= 0.6 is 0 Å². The fourth-order valence-electron chi connectivity index (χ4n) is 4.94. The number of anilines is 1. The van der Waals surface area contributed by atoms with E-state index < -0.39 is 5.66 Å². The highest BCUT2D eigenvalue weighted by atomic mass is 16.5. The van der Waals surface area contributed by atoms with E-state index >= 15 is 0 Å². The average molecular weight is 456 g/mol. The minimum Gasteiger partial charge on any atom is -0.496 e. The molecule has 3 aromatic rings. The lowest BCUT2D eigenvalue weighted by molar-refractivity contribution is -0.134. The molecule has 2 aliphatic rings. The molecule has 3 amide bonds. The van der Waals surface area contributed by atoms with Gasteiger partial charge in [0.2, 0.25) is 11.6 Å². The van der Waals surface area contributed by atoms with Crippen molar-refractivity contribution in [3.05, 3.63) is 95.6 Å². The molecule has 172 valence electrons. The monoisotopic (exact) mass is 455 g/mol. The molecule has 0 unspecified atom stereocenters. The fraction of sp³-hybridized carbons (Fsp3) is 0.222. The van der Waals surface area contributed by atoms with Crippen molar-refractivity contribution >= 4 is 23.4 Å². The fourth-order valence-corrected chi connectivity index (χ4v) is 4.94. The zero-order chi connectivity index (χ0) is 23.7. The Balaban J connectivity index is 1.57. The molecule has 7 nitrogen and oxygen atoms in total. The van der Waals surface area contributed by atoms with Gasteiger partial charge in [-0.3, -0.25) is 19.3 Å². The Morgan fingerprint density at radius 3 is 2.47 bits per heavy atom. The van der Waals surface area contributed by atoms with Crippen LogP contribution in [0.2, 0.25) is 0 Å². The van der Waals surface area contributed by atoms with Crippen molar-refractivity contribution in [2.45, 2.75) is 31.6 Å². The number of rotatable bonds is 6. The van der Waals surface area contributed by atoms with Crippen molar-refractivity contribution in [1.29, 1.82) is 0 Å². The van der Waals surface area contributed by atoms with Crippen LogP contribution in [-0.2, 0) is 22.7 Å². The lowest BCUT2D eigenvalue weighted by Gasteiger charge is -2.49. The Morgan fingerprint density at radius 1 is 0.971 bits per heavy atom. The molecule has 1 N–H and O–H groups in total. The molecular formula is C27H25N3O4. The van der Waals surface area contributed by atoms with Gasteiger partial charge in [0.05, 0.1) is 18.4 Å². The smallest absolute Gasteiger partial charge is 0.267 e. The number of hydrogen-bond donors (Lipinski definition) is 1. The number of para-hydroxylation sites is 2.